The standard InChI is InChI=1S/C42H40Cl2N4O6S2/c1-5-51-31-21-17-29(18-22-31)47-37(45)35(41(49)53-7-3)33(25-9-13-27(43)14-10-25)39(47)55-56-40-34(26-11-15-28(44)16-12-26)36(42(50)54-8-4)38(46)48(40)30-19-23-32(24-20-30)52-6-2/h9-24H,5-8,45-46H2,1-4H3. The van der Waals surface area contributed by atoms with Crippen molar-refractivity contribution in [2.24, 2.45) is 0 Å². The molecule has 10 nitrogen and oxygen atoms in total. The van der Waals surface area contributed by atoms with E-state index in [4.69, 9.17) is 53.6 Å². The highest BCUT2D eigenvalue weighted by Crippen LogP contribution is 2.53. The second-order valence-corrected chi connectivity index (χ2v) is 15.0. The average molecular weight is 832 g/mol. The summed E-state index contributed by atoms with van der Waals surface area (Å²) < 4.78 is 26.2. The molecule has 0 fully saturated rings. The lowest BCUT2D eigenvalue weighted by molar-refractivity contribution is 0.0518. The van der Waals surface area contributed by atoms with Gasteiger partial charge in [-0.05, 0) is 133 Å². The molecule has 0 saturated carbocycles. The van der Waals surface area contributed by atoms with Gasteiger partial charge in [0.15, 0.2) is 0 Å². The van der Waals surface area contributed by atoms with Gasteiger partial charge in [-0.3, -0.25) is 9.13 Å². The zero-order valence-corrected chi connectivity index (χ0v) is 34.3. The van der Waals surface area contributed by atoms with Crippen LogP contribution in [0.5, 0.6) is 11.5 Å². The Morgan fingerprint density at radius 1 is 0.536 bits per heavy atom. The number of carbonyl (C=O) groups is 2. The van der Waals surface area contributed by atoms with E-state index < -0.39 is 11.9 Å². The van der Waals surface area contributed by atoms with Gasteiger partial charge >= 0.3 is 11.9 Å². The molecule has 0 bridgehead atoms. The van der Waals surface area contributed by atoms with Crippen molar-refractivity contribution in [1.29, 1.82) is 0 Å². The summed E-state index contributed by atoms with van der Waals surface area (Å²) in [5, 5.41) is 2.24. The molecule has 290 valence electrons. The van der Waals surface area contributed by atoms with Gasteiger partial charge in [0.1, 0.15) is 44.3 Å². The van der Waals surface area contributed by atoms with Gasteiger partial charge in [-0.2, -0.15) is 0 Å². The largest absolute Gasteiger partial charge is 0.494 e. The number of ether oxygens (including phenoxy) is 4. The van der Waals surface area contributed by atoms with E-state index in [1.807, 2.05) is 95.8 Å². The topological polar surface area (TPSA) is 133 Å². The minimum absolute atomic E-state index is 0.139. The molecule has 4 N–H and O–H groups in total. The van der Waals surface area contributed by atoms with E-state index in [1.54, 1.807) is 38.1 Å². The predicted molar refractivity (Wildman–Crippen MR) is 227 cm³/mol. The van der Waals surface area contributed by atoms with Crippen LogP contribution >= 0.6 is 44.8 Å². The molecular weight excluding hydrogens is 792 g/mol. The van der Waals surface area contributed by atoms with E-state index in [9.17, 15) is 9.59 Å². The first-order chi connectivity index (χ1) is 27.1. The third kappa shape index (κ3) is 8.34. The molecular formula is C42H40Cl2N4O6S2. The minimum Gasteiger partial charge on any atom is -0.494 e. The summed E-state index contributed by atoms with van der Waals surface area (Å²) in [6.45, 7) is 8.58. The molecule has 2 aromatic heterocycles. The van der Waals surface area contributed by atoms with Gasteiger partial charge in [-0.25, -0.2) is 9.59 Å². The Kier molecular flexibility index (Phi) is 13.2. The fourth-order valence-electron chi connectivity index (χ4n) is 6.19. The van der Waals surface area contributed by atoms with Crippen LogP contribution in [0.1, 0.15) is 48.4 Å². The number of halogens is 2. The summed E-state index contributed by atoms with van der Waals surface area (Å²) in [4.78, 5) is 27.7. The van der Waals surface area contributed by atoms with Gasteiger partial charge in [0, 0.05) is 32.5 Å². The van der Waals surface area contributed by atoms with Crippen LogP contribution in [0.25, 0.3) is 33.6 Å². The van der Waals surface area contributed by atoms with Crippen LogP contribution in [0.15, 0.2) is 107 Å². The molecule has 0 aliphatic heterocycles. The van der Waals surface area contributed by atoms with E-state index in [-0.39, 0.29) is 36.0 Å². The van der Waals surface area contributed by atoms with Gasteiger partial charge in [-0.1, -0.05) is 47.5 Å². The lowest BCUT2D eigenvalue weighted by atomic mass is 10.0. The predicted octanol–water partition coefficient (Wildman–Crippen LogP) is 11.0. The Balaban J connectivity index is 1.64. The van der Waals surface area contributed by atoms with Crippen molar-refractivity contribution >= 4 is 68.4 Å². The van der Waals surface area contributed by atoms with Crippen LogP contribution in [0.3, 0.4) is 0 Å². The van der Waals surface area contributed by atoms with Crippen molar-refractivity contribution in [3.63, 3.8) is 0 Å². The Hall–Kier alpha value is -5.14. The first-order valence-corrected chi connectivity index (χ1v) is 20.8. The maximum absolute atomic E-state index is 13.8. The minimum atomic E-state index is -0.583. The number of nitrogen functional groups attached to an aromatic ring is 2. The number of aromatic nitrogens is 2. The van der Waals surface area contributed by atoms with E-state index in [1.165, 1.54) is 21.6 Å². The van der Waals surface area contributed by atoms with Crippen molar-refractivity contribution in [3.05, 3.63) is 118 Å². The molecule has 14 heteroatoms. The Bertz CT molecular complexity index is 2160. The quantitative estimate of drug-likeness (QED) is 0.0761. The zero-order chi connectivity index (χ0) is 39.9. The molecule has 0 spiro atoms. The molecule has 2 heterocycles. The summed E-state index contributed by atoms with van der Waals surface area (Å²) in [5.41, 5.74) is 18.1. The smallest absolute Gasteiger partial charge is 0.342 e. The molecule has 56 heavy (non-hydrogen) atoms. The molecule has 4 aromatic carbocycles. The van der Waals surface area contributed by atoms with Crippen LogP contribution in [-0.4, -0.2) is 47.5 Å². The Morgan fingerprint density at radius 2 is 0.875 bits per heavy atom. The normalized spacial score (nSPS) is 11.0. The maximum Gasteiger partial charge on any atom is 0.342 e. The summed E-state index contributed by atoms with van der Waals surface area (Å²) >= 11 is 12.7. The number of rotatable bonds is 15. The molecule has 0 radical (unpaired) electrons. The first-order valence-electron chi connectivity index (χ1n) is 17.9. The van der Waals surface area contributed by atoms with Crippen molar-refractivity contribution in [1.82, 2.24) is 9.13 Å². The fraction of sp³-hybridized carbons (Fsp3) is 0.190. The Morgan fingerprint density at radius 3 is 1.18 bits per heavy atom. The number of nitrogens with two attached hydrogens (primary N) is 2. The average Bonchev–Trinajstić information content (AvgIpc) is 3.65. The van der Waals surface area contributed by atoms with Crippen LogP contribution in [0, 0.1) is 0 Å². The lowest BCUT2D eigenvalue weighted by Gasteiger charge is -2.16. The molecule has 0 unspecified atom stereocenters. The summed E-state index contributed by atoms with van der Waals surface area (Å²) in [7, 11) is 2.67. The molecule has 0 amide bonds. The third-order valence-electron chi connectivity index (χ3n) is 8.56. The number of nitrogens with zero attached hydrogens (tertiary/aromatic N) is 2. The third-order valence-corrected chi connectivity index (χ3v) is 11.4. The first kappa shape index (κ1) is 40.5. The van der Waals surface area contributed by atoms with Crippen molar-refractivity contribution in [3.8, 4) is 45.1 Å². The van der Waals surface area contributed by atoms with Gasteiger partial charge in [-0.15, -0.1) is 0 Å². The van der Waals surface area contributed by atoms with Gasteiger partial charge in [0.25, 0.3) is 0 Å². The van der Waals surface area contributed by atoms with Gasteiger partial charge < -0.3 is 30.4 Å². The molecule has 0 atom stereocenters. The van der Waals surface area contributed by atoms with Gasteiger partial charge in [0.2, 0.25) is 0 Å². The summed E-state index contributed by atoms with van der Waals surface area (Å²) in [6.07, 6.45) is 0. The highest BCUT2D eigenvalue weighted by molar-refractivity contribution is 8.76. The van der Waals surface area contributed by atoms with E-state index >= 15 is 0 Å². The zero-order valence-electron chi connectivity index (χ0n) is 31.1. The van der Waals surface area contributed by atoms with Crippen LogP contribution in [-0.2, 0) is 9.47 Å². The maximum atomic E-state index is 13.8. The lowest BCUT2D eigenvalue weighted by Crippen LogP contribution is -2.09. The number of esters is 2. The molecule has 0 saturated heterocycles. The van der Waals surface area contributed by atoms with Crippen LogP contribution in [0.4, 0.5) is 11.6 Å². The Labute approximate surface area is 343 Å². The van der Waals surface area contributed by atoms with Crippen molar-refractivity contribution in [2.45, 2.75) is 37.7 Å². The second-order valence-electron chi connectivity index (χ2n) is 12.0. The molecule has 6 aromatic rings. The van der Waals surface area contributed by atoms with E-state index in [0.29, 0.717) is 78.4 Å². The van der Waals surface area contributed by atoms with Crippen LogP contribution < -0.4 is 20.9 Å². The number of hydrogen-bond acceptors (Lipinski definition) is 10. The van der Waals surface area contributed by atoms with Crippen molar-refractivity contribution in [2.75, 3.05) is 37.9 Å². The summed E-state index contributed by atoms with van der Waals surface area (Å²) in [6, 6.07) is 29.2. The number of hydrogen-bond donors (Lipinski definition) is 2. The molecule has 6 rings (SSSR count). The van der Waals surface area contributed by atoms with Crippen LogP contribution in [0.2, 0.25) is 10.0 Å². The number of benzene rings is 4. The SMILES string of the molecule is CCOC(=O)c1c(-c2ccc(Cl)cc2)c(SSc2c(-c3ccc(Cl)cc3)c(C(=O)OCC)c(N)n2-c2ccc(OCC)cc2)n(-c2ccc(OCC)cc2)c1N. The van der Waals surface area contributed by atoms with Crippen molar-refractivity contribution < 1.29 is 28.5 Å². The fourth-order valence-corrected chi connectivity index (χ4v) is 9.18. The molecule has 0 aliphatic rings. The van der Waals surface area contributed by atoms with E-state index in [0.717, 1.165) is 0 Å². The summed E-state index contributed by atoms with van der Waals surface area (Å²) in [5.74, 6) is 0.535. The van der Waals surface area contributed by atoms with Gasteiger partial charge in [0.05, 0.1) is 26.4 Å². The number of anilines is 2. The highest BCUT2D eigenvalue weighted by Gasteiger charge is 2.33. The number of carbonyl (C=O) groups excluding carboxylic acids is 2. The van der Waals surface area contributed by atoms with E-state index in [2.05, 4.69) is 0 Å². The monoisotopic (exact) mass is 830 g/mol. The second kappa shape index (κ2) is 18.2. The molecule has 0 aliphatic carbocycles. The highest BCUT2D eigenvalue weighted by atomic mass is 35.5.